The number of hydrogen-bond acceptors (Lipinski definition) is 4. The molecule has 0 radical (unpaired) electrons. The van der Waals surface area contributed by atoms with Crippen LogP contribution in [0.4, 0.5) is 0 Å². The Labute approximate surface area is 136 Å². The van der Waals surface area contributed by atoms with E-state index in [1.165, 1.54) is 0 Å². The van der Waals surface area contributed by atoms with Crippen molar-refractivity contribution in [3.8, 4) is 0 Å². The molecule has 2 saturated heterocycles. The number of carbonyl (C=O) groups is 4. The van der Waals surface area contributed by atoms with Gasteiger partial charge in [-0.2, -0.15) is 0 Å². The highest BCUT2D eigenvalue weighted by molar-refractivity contribution is 6.02. The van der Waals surface area contributed by atoms with Gasteiger partial charge in [-0.05, 0) is 33.1 Å². The van der Waals surface area contributed by atoms with Gasteiger partial charge in [-0.15, -0.1) is 0 Å². The van der Waals surface area contributed by atoms with Crippen molar-refractivity contribution in [2.45, 2.75) is 64.5 Å². The molecule has 7 heteroatoms. The van der Waals surface area contributed by atoms with Crippen LogP contribution < -0.4 is 5.32 Å². The maximum Gasteiger partial charge on any atom is 0.245 e. The summed E-state index contributed by atoms with van der Waals surface area (Å²) in [5.74, 6) is -0.843. The number of hydrogen-bond donors (Lipinski definition) is 1. The highest BCUT2D eigenvalue weighted by atomic mass is 16.2. The van der Waals surface area contributed by atoms with Crippen LogP contribution in [0.5, 0.6) is 0 Å². The monoisotopic (exact) mass is 323 g/mol. The summed E-state index contributed by atoms with van der Waals surface area (Å²) in [7, 11) is 0. The van der Waals surface area contributed by atoms with Crippen molar-refractivity contribution in [2.75, 3.05) is 13.1 Å². The molecule has 0 aromatic rings. The van der Waals surface area contributed by atoms with Gasteiger partial charge >= 0.3 is 0 Å². The van der Waals surface area contributed by atoms with Gasteiger partial charge < -0.3 is 10.2 Å². The number of carbonyl (C=O) groups excluding carboxylic acids is 4. The second-order valence-electron chi connectivity index (χ2n) is 6.35. The Balaban J connectivity index is 1.78. The van der Waals surface area contributed by atoms with E-state index in [0.717, 1.165) is 30.7 Å². The van der Waals surface area contributed by atoms with E-state index < -0.39 is 6.04 Å². The lowest BCUT2D eigenvalue weighted by molar-refractivity contribution is -0.141. The molecule has 2 fully saturated rings. The molecule has 0 bridgehead atoms. The zero-order valence-corrected chi connectivity index (χ0v) is 13.8. The normalized spacial score (nSPS) is 23.1. The average Bonchev–Trinajstić information content (AvgIpc) is 2.83. The van der Waals surface area contributed by atoms with Gasteiger partial charge in [0, 0.05) is 38.4 Å². The number of nitrogens with one attached hydrogen (secondary N) is 1. The molecule has 2 unspecified atom stereocenters. The highest BCUT2D eigenvalue weighted by Gasteiger charge is 2.30. The summed E-state index contributed by atoms with van der Waals surface area (Å²) in [5, 5.41) is 2.67. The van der Waals surface area contributed by atoms with E-state index in [0.29, 0.717) is 0 Å². The Morgan fingerprint density at radius 3 is 2.48 bits per heavy atom. The average molecular weight is 323 g/mol. The van der Waals surface area contributed by atoms with E-state index in [-0.39, 0.29) is 55.5 Å². The molecule has 2 atom stereocenters. The number of rotatable bonds is 5. The van der Waals surface area contributed by atoms with Crippen molar-refractivity contribution in [2.24, 2.45) is 0 Å². The van der Waals surface area contributed by atoms with Crippen molar-refractivity contribution in [1.29, 1.82) is 0 Å². The largest absolute Gasteiger partial charge is 0.345 e. The molecule has 0 aromatic heterocycles. The molecule has 2 rings (SSSR count). The lowest BCUT2D eigenvalue weighted by Gasteiger charge is -2.35. The Morgan fingerprint density at radius 1 is 1.22 bits per heavy atom. The van der Waals surface area contributed by atoms with Gasteiger partial charge in [-0.1, -0.05) is 0 Å². The minimum Gasteiger partial charge on any atom is -0.345 e. The molecule has 2 aliphatic heterocycles. The first kappa shape index (κ1) is 17.4. The Morgan fingerprint density at radius 2 is 1.87 bits per heavy atom. The molecule has 7 nitrogen and oxygen atoms in total. The quantitative estimate of drug-likeness (QED) is 0.743. The van der Waals surface area contributed by atoms with Crippen molar-refractivity contribution in [1.82, 2.24) is 15.1 Å². The first-order valence-electron chi connectivity index (χ1n) is 8.33. The smallest absolute Gasteiger partial charge is 0.245 e. The summed E-state index contributed by atoms with van der Waals surface area (Å²) < 4.78 is 0. The van der Waals surface area contributed by atoms with Crippen molar-refractivity contribution in [3.63, 3.8) is 0 Å². The van der Waals surface area contributed by atoms with Gasteiger partial charge in [-0.3, -0.25) is 24.1 Å². The third-order valence-electron chi connectivity index (χ3n) is 4.55. The summed E-state index contributed by atoms with van der Waals surface area (Å²) in [5.41, 5.74) is 0. The van der Waals surface area contributed by atoms with Crippen LogP contribution in [-0.2, 0) is 19.2 Å². The number of amides is 4. The Kier molecular flexibility index (Phi) is 5.74. The lowest BCUT2D eigenvalue weighted by Crippen LogP contribution is -2.51. The van der Waals surface area contributed by atoms with Crippen LogP contribution in [0.15, 0.2) is 0 Å². The fraction of sp³-hybridized carbons (Fsp3) is 0.750. The molecule has 128 valence electrons. The molecule has 0 spiro atoms. The number of likely N-dealkylation sites (tertiary alicyclic amines) is 2. The SMILES string of the molecule is CC(NC(=O)CCN1C(=O)CCC1=O)C(=O)N1CCCCC1C. The maximum atomic E-state index is 12.4. The summed E-state index contributed by atoms with van der Waals surface area (Å²) in [6.07, 6.45) is 3.60. The van der Waals surface area contributed by atoms with Crippen molar-refractivity contribution < 1.29 is 19.2 Å². The molecule has 2 aliphatic rings. The second-order valence-corrected chi connectivity index (χ2v) is 6.35. The van der Waals surface area contributed by atoms with Crippen LogP contribution >= 0.6 is 0 Å². The fourth-order valence-corrected chi connectivity index (χ4v) is 3.14. The Hall–Kier alpha value is -1.92. The molecule has 2 heterocycles. The standard InChI is InChI=1S/C16H25N3O4/c1-11-5-3-4-9-18(11)16(23)12(2)17-13(20)8-10-19-14(21)6-7-15(19)22/h11-12H,3-10H2,1-2H3,(H,17,20). The van der Waals surface area contributed by atoms with Gasteiger partial charge in [0.25, 0.3) is 0 Å². The van der Waals surface area contributed by atoms with Crippen LogP contribution in [0.1, 0.15) is 52.4 Å². The first-order valence-corrected chi connectivity index (χ1v) is 8.33. The summed E-state index contributed by atoms with van der Waals surface area (Å²) >= 11 is 0. The van der Waals surface area contributed by atoms with Crippen LogP contribution in [0.25, 0.3) is 0 Å². The molecule has 4 amide bonds. The van der Waals surface area contributed by atoms with E-state index in [1.807, 2.05) is 11.8 Å². The van der Waals surface area contributed by atoms with E-state index in [2.05, 4.69) is 5.32 Å². The van der Waals surface area contributed by atoms with E-state index in [1.54, 1.807) is 6.92 Å². The Bertz CT molecular complexity index is 490. The number of piperidine rings is 1. The predicted octanol–water partition coefficient (Wildman–Crippen LogP) is 0.431. The van der Waals surface area contributed by atoms with Gasteiger partial charge in [-0.25, -0.2) is 0 Å². The first-order chi connectivity index (χ1) is 10.9. The molecule has 1 N–H and O–H groups in total. The zero-order valence-electron chi connectivity index (χ0n) is 13.8. The minimum absolute atomic E-state index is 0.0324. The van der Waals surface area contributed by atoms with Crippen LogP contribution in [0, 0.1) is 0 Å². The highest BCUT2D eigenvalue weighted by Crippen LogP contribution is 2.17. The molecule has 23 heavy (non-hydrogen) atoms. The third kappa shape index (κ3) is 4.30. The van der Waals surface area contributed by atoms with E-state index in [4.69, 9.17) is 0 Å². The van der Waals surface area contributed by atoms with Crippen LogP contribution in [0.2, 0.25) is 0 Å². The van der Waals surface area contributed by atoms with E-state index in [9.17, 15) is 19.2 Å². The number of nitrogens with zero attached hydrogens (tertiary/aromatic N) is 2. The predicted molar refractivity (Wildman–Crippen MR) is 83.2 cm³/mol. The van der Waals surface area contributed by atoms with Crippen molar-refractivity contribution in [3.05, 3.63) is 0 Å². The molecular weight excluding hydrogens is 298 g/mol. The molecule has 0 aromatic carbocycles. The lowest BCUT2D eigenvalue weighted by atomic mass is 10.0. The zero-order chi connectivity index (χ0) is 17.0. The van der Waals surface area contributed by atoms with Crippen LogP contribution in [-0.4, -0.2) is 58.6 Å². The molecule has 0 saturated carbocycles. The summed E-state index contributed by atoms with van der Waals surface area (Å²) in [6.45, 7) is 4.52. The maximum absolute atomic E-state index is 12.4. The van der Waals surface area contributed by atoms with Crippen molar-refractivity contribution >= 4 is 23.6 Å². The van der Waals surface area contributed by atoms with Gasteiger partial charge in [0.05, 0.1) is 0 Å². The second kappa shape index (κ2) is 7.57. The number of imide groups is 1. The van der Waals surface area contributed by atoms with Gasteiger partial charge in [0.15, 0.2) is 0 Å². The topological polar surface area (TPSA) is 86.8 Å². The minimum atomic E-state index is -0.590. The fourth-order valence-electron chi connectivity index (χ4n) is 3.14. The molecule has 0 aliphatic carbocycles. The molecular formula is C16H25N3O4. The summed E-state index contributed by atoms with van der Waals surface area (Å²) in [6, 6.07) is -0.386. The van der Waals surface area contributed by atoms with Gasteiger partial charge in [0.2, 0.25) is 23.6 Å². The summed E-state index contributed by atoms with van der Waals surface area (Å²) in [4.78, 5) is 50.3. The third-order valence-corrected chi connectivity index (χ3v) is 4.55. The van der Waals surface area contributed by atoms with E-state index >= 15 is 0 Å². The van der Waals surface area contributed by atoms with Gasteiger partial charge in [0.1, 0.15) is 6.04 Å². The van der Waals surface area contributed by atoms with Crippen LogP contribution in [0.3, 0.4) is 0 Å².